The topological polar surface area (TPSA) is 45.2 Å². The van der Waals surface area contributed by atoms with Gasteiger partial charge >= 0.3 is 0 Å². The number of halogens is 1. The van der Waals surface area contributed by atoms with Gasteiger partial charge < -0.3 is 10.2 Å². The molecule has 4 nitrogen and oxygen atoms in total. The zero-order chi connectivity index (χ0) is 13.8. The zero-order valence-electron chi connectivity index (χ0n) is 10.7. The van der Waals surface area contributed by atoms with Crippen molar-refractivity contribution >= 4 is 33.2 Å². The fraction of sp³-hybridized carbons (Fsp3) is 0.143. The molecule has 1 N–H and O–H groups in total. The summed E-state index contributed by atoms with van der Waals surface area (Å²) in [6.45, 7) is 0. The molecular formula is C14H14BrN3O. The summed E-state index contributed by atoms with van der Waals surface area (Å²) in [5, 5.41) is 2.89. The molecule has 2 rings (SSSR count). The largest absolute Gasteiger partial charge is 0.376 e. The van der Waals surface area contributed by atoms with Gasteiger partial charge in [0.25, 0.3) is 5.91 Å². The Morgan fingerprint density at radius 3 is 2.68 bits per heavy atom. The van der Waals surface area contributed by atoms with Crippen molar-refractivity contribution in [2.75, 3.05) is 24.3 Å². The van der Waals surface area contributed by atoms with Crippen molar-refractivity contribution in [1.29, 1.82) is 0 Å². The molecule has 0 aliphatic heterocycles. The molecule has 0 atom stereocenters. The van der Waals surface area contributed by atoms with Gasteiger partial charge in [0.2, 0.25) is 0 Å². The molecule has 0 saturated carbocycles. The normalized spacial score (nSPS) is 10.1. The maximum absolute atomic E-state index is 12.2. The van der Waals surface area contributed by atoms with E-state index in [0.717, 1.165) is 15.8 Å². The second-order valence-electron chi connectivity index (χ2n) is 4.26. The number of hydrogen-bond donors (Lipinski definition) is 1. The van der Waals surface area contributed by atoms with Gasteiger partial charge in [-0.05, 0) is 34.1 Å². The van der Waals surface area contributed by atoms with Crippen LogP contribution in [-0.4, -0.2) is 25.0 Å². The first-order valence-electron chi connectivity index (χ1n) is 5.76. The molecule has 1 amide bonds. The van der Waals surface area contributed by atoms with E-state index in [0.29, 0.717) is 5.56 Å². The van der Waals surface area contributed by atoms with E-state index in [1.54, 1.807) is 18.5 Å². The van der Waals surface area contributed by atoms with Gasteiger partial charge in [-0.2, -0.15) is 0 Å². The maximum Gasteiger partial charge on any atom is 0.257 e. The van der Waals surface area contributed by atoms with Gasteiger partial charge in [-0.25, -0.2) is 0 Å². The third-order valence-corrected chi connectivity index (χ3v) is 3.03. The summed E-state index contributed by atoms with van der Waals surface area (Å²) >= 11 is 3.30. The van der Waals surface area contributed by atoms with Crippen LogP contribution in [0.2, 0.25) is 0 Å². The number of anilines is 2. The van der Waals surface area contributed by atoms with Gasteiger partial charge in [0, 0.05) is 31.0 Å². The van der Waals surface area contributed by atoms with Crippen molar-refractivity contribution < 1.29 is 4.79 Å². The lowest BCUT2D eigenvalue weighted by Gasteiger charge is -2.17. The smallest absolute Gasteiger partial charge is 0.257 e. The van der Waals surface area contributed by atoms with E-state index in [4.69, 9.17) is 0 Å². The minimum Gasteiger partial charge on any atom is -0.376 e. The number of hydrogen-bond acceptors (Lipinski definition) is 3. The van der Waals surface area contributed by atoms with Crippen LogP contribution in [0.25, 0.3) is 0 Å². The lowest BCUT2D eigenvalue weighted by molar-refractivity contribution is 0.102. The number of carbonyl (C=O) groups is 1. The highest BCUT2D eigenvalue weighted by molar-refractivity contribution is 9.10. The highest BCUT2D eigenvalue weighted by atomic mass is 79.9. The molecule has 0 fully saturated rings. The van der Waals surface area contributed by atoms with Crippen LogP contribution in [-0.2, 0) is 0 Å². The fourth-order valence-electron chi connectivity index (χ4n) is 1.70. The molecule has 19 heavy (non-hydrogen) atoms. The summed E-state index contributed by atoms with van der Waals surface area (Å²) in [7, 11) is 3.87. The quantitative estimate of drug-likeness (QED) is 0.945. The van der Waals surface area contributed by atoms with Crippen molar-refractivity contribution in [2.24, 2.45) is 0 Å². The molecule has 0 unspecified atom stereocenters. The van der Waals surface area contributed by atoms with E-state index in [1.807, 2.05) is 43.3 Å². The number of pyridine rings is 1. The monoisotopic (exact) mass is 319 g/mol. The van der Waals surface area contributed by atoms with Gasteiger partial charge in [-0.3, -0.25) is 9.78 Å². The molecule has 0 saturated heterocycles. The molecular weight excluding hydrogens is 306 g/mol. The van der Waals surface area contributed by atoms with E-state index in [9.17, 15) is 4.79 Å². The zero-order valence-corrected chi connectivity index (χ0v) is 12.3. The Bertz CT molecular complexity index is 599. The Morgan fingerprint density at radius 1 is 1.26 bits per heavy atom. The molecule has 0 radical (unpaired) electrons. The number of para-hydroxylation sites is 2. The van der Waals surface area contributed by atoms with Crippen LogP contribution < -0.4 is 10.2 Å². The van der Waals surface area contributed by atoms with Crippen LogP contribution >= 0.6 is 15.9 Å². The number of amides is 1. The third kappa shape index (κ3) is 3.32. The first-order valence-corrected chi connectivity index (χ1v) is 6.55. The van der Waals surface area contributed by atoms with E-state index in [2.05, 4.69) is 26.2 Å². The standard InChI is InChI=1S/C14H14BrN3O/c1-18(2)13-6-4-3-5-12(13)17-14(19)10-7-11(15)9-16-8-10/h3-9H,1-2H3,(H,17,19). The minimum absolute atomic E-state index is 0.178. The van der Waals surface area contributed by atoms with Gasteiger partial charge in [-0.15, -0.1) is 0 Å². The summed E-state index contributed by atoms with van der Waals surface area (Å²) in [5.74, 6) is -0.178. The number of aromatic nitrogens is 1. The van der Waals surface area contributed by atoms with E-state index >= 15 is 0 Å². The SMILES string of the molecule is CN(C)c1ccccc1NC(=O)c1cncc(Br)c1. The van der Waals surface area contributed by atoms with Gasteiger partial charge in [0.05, 0.1) is 16.9 Å². The molecule has 1 aromatic heterocycles. The molecule has 0 spiro atoms. The Balaban J connectivity index is 2.24. The molecule has 2 aromatic rings. The summed E-state index contributed by atoms with van der Waals surface area (Å²) in [4.78, 5) is 18.1. The Kier molecular flexibility index (Phi) is 4.16. The van der Waals surface area contributed by atoms with E-state index in [-0.39, 0.29) is 5.91 Å². The van der Waals surface area contributed by atoms with E-state index < -0.39 is 0 Å². The fourth-order valence-corrected chi connectivity index (χ4v) is 2.06. The lowest BCUT2D eigenvalue weighted by Crippen LogP contribution is -2.16. The van der Waals surface area contributed by atoms with Gasteiger partial charge in [-0.1, -0.05) is 12.1 Å². The Labute approximate surface area is 120 Å². The van der Waals surface area contributed by atoms with Gasteiger partial charge in [0.15, 0.2) is 0 Å². The van der Waals surface area contributed by atoms with E-state index in [1.165, 1.54) is 0 Å². The molecule has 0 aliphatic carbocycles. The molecule has 1 aromatic carbocycles. The molecule has 98 valence electrons. The Morgan fingerprint density at radius 2 is 2.00 bits per heavy atom. The maximum atomic E-state index is 12.2. The molecule has 1 heterocycles. The number of nitrogens with one attached hydrogen (secondary N) is 1. The predicted octanol–water partition coefficient (Wildman–Crippen LogP) is 3.16. The third-order valence-electron chi connectivity index (χ3n) is 2.60. The average Bonchev–Trinajstić information content (AvgIpc) is 2.39. The first kappa shape index (κ1) is 13.5. The van der Waals surface area contributed by atoms with Crippen LogP contribution in [0.1, 0.15) is 10.4 Å². The summed E-state index contributed by atoms with van der Waals surface area (Å²) < 4.78 is 0.779. The number of rotatable bonds is 3. The summed E-state index contributed by atoms with van der Waals surface area (Å²) in [5.41, 5.74) is 2.25. The molecule has 0 aliphatic rings. The van der Waals surface area contributed by atoms with Crippen molar-refractivity contribution in [2.45, 2.75) is 0 Å². The van der Waals surface area contributed by atoms with Crippen molar-refractivity contribution in [1.82, 2.24) is 4.98 Å². The highest BCUT2D eigenvalue weighted by Gasteiger charge is 2.10. The van der Waals surface area contributed by atoms with Gasteiger partial charge in [0.1, 0.15) is 0 Å². The molecule has 0 bridgehead atoms. The first-order chi connectivity index (χ1) is 9.08. The lowest BCUT2D eigenvalue weighted by atomic mass is 10.2. The summed E-state index contributed by atoms with van der Waals surface area (Å²) in [6, 6.07) is 9.39. The van der Waals surface area contributed by atoms with Crippen LogP contribution in [0.15, 0.2) is 47.2 Å². The van der Waals surface area contributed by atoms with Crippen LogP contribution in [0.5, 0.6) is 0 Å². The predicted molar refractivity (Wildman–Crippen MR) is 80.7 cm³/mol. The van der Waals surface area contributed by atoms with Crippen molar-refractivity contribution in [3.63, 3.8) is 0 Å². The van der Waals surface area contributed by atoms with Crippen molar-refractivity contribution in [3.8, 4) is 0 Å². The number of carbonyl (C=O) groups excluding carboxylic acids is 1. The van der Waals surface area contributed by atoms with Crippen LogP contribution in [0.3, 0.4) is 0 Å². The minimum atomic E-state index is -0.178. The average molecular weight is 320 g/mol. The van der Waals surface area contributed by atoms with Crippen LogP contribution in [0, 0.1) is 0 Å². The highest BCUT2D eigenvalue weighted by Crippen LogP contribution is 2.24. The second kappa shape index (κ2) is 5.84. The molecule has 5 heteroatoms. The van der Waals surface area contributed by atoms with Crippen LogP contribution in [0.4, 0.5) is 11.4 Å². The summed E-state index contributed by atoms with van der Waals surface area (Å²) in [6.07, 6.45) is 3.18. The number of benzene rings is 1. The second-order valence-corrected chi connectivity index (χ2v) is 5.17. The Hall–Kier alpha value is -1.88. The number of nitrogens with zero attached hydrogens (tertiary/aromatic N) is 2. The van der Waals surface area contributed by atoms with Crippen molar-refractivity contribution in [3.05, 3.63) is 52.8 Å².